The van der Waals surface area contributed by atoms with Crippen molar-refractivity contribution in [3.63, 3.8) is 0 Å². The van der Waals surface area contributed by atoms with Crippen LogP contribution in [0.4, 0.5) is 4.39 Å². The van der Waals surface area contributed by atoms with Crippen molar-refractivity contribution in [1.82, 2.24) is 0 Å². The van der Waals surface area contributed by atoms with Gasteiger partial charge in [-0.05, 0) is 19.8 Å². The van der Waals surface area contributed by atoms with Crippen molar-refractivity contribution in [2.24, 2.45) is 5.73 Å². The highest BCUT2D eigenvalue weighted by atomic mass is 19.1. The van der Waals surface area contributed by atoms with E-state index in [-0.39, 0.29) is 6.42 Å². The lowest BCUT2D eigenvalue weighted by Crippen LogP contribution is -2.46. The molecule has 3 nitrogen and oxygen atoms in total. The van der Waals surface area contributed by atoms with E-state index < -0.39 is 17.7 Å². The molecule has 1 rings (SSSR count). The van der Waals surface area contributed by atoms with Crippen LogP contribution in [0.15, 0.2) is 0 Å². The molecular weight excluding hydrogens is 161 g/mol. The van der Waals surface area contributed by atoms with Gasteiger partial charge in [0.15, 0.2) is 0 Å². The molecule has 70 valence electrons. The second-order valence-electron chi connectivity index (χ2n) is 3.22. The first kappa shape index (κ1) is 9.45. The molecule has 0 bridgehead atoms. The lowest BCUT2D eigenvalue weighted by Gasteiger charge is -2.20. The zero-order valence-corrected chi connectivity index (χ0v) is 7.18. The molecule has 0 saturated heterocycles. The molecule has 0 amide bonds. The first-order chi connectivity index (χ1) is 5.58. The second kappa shape index (κ2) is 3.39. The van der Waals surface area contributed by atoms with Gasteiger partial charge in [-0.1, -0.05) is 0 Å². The Morgan fingerprint density at radius 2 is 2.50 bits per heavy atom. The average Bonchev–Trinajstić information content (AvgIpc) is 2.33. The molecule has 0 aliphatic heterocycles. The van der Waals surface area contributed by atoms with E-state index in [0.29, 0.717) is 19.4 Å². The maximum Gasteiger partial charge on any atom is 0.326 e. The molecule has 1 aliphatic carbocycles. The Morgan fingerprint density at radius 1 is 1.83 bits per heavy atom. The van der Waals surface area contributed by atoms with Gasteiger partial charge in [0.2, 0.25) is 0 Å². The molecule has 12 heavy (non-hydrogen) atoms. The Morgan fingerprint density at radius 3 is 2.92 bits per heavy atom. The minimum atomic E-state index is -1.06. The van der Waals surface area contributed by atoms with E-state index in [4.69, 9.17) is 10.5 Å². The molecule has 2 N–H and O–H groups in total. The van der Waals surface area contributed by atoms with E-state index in [2.05, 4.69) is 0 Å². The van der Waals surface area contributed by atoms with Crippen LogP contribution in [0.25, 0.3) is 0 Å². The van der Waals surface area contributed by atoms with Crippen LogP contribution in [0, 0.1) is 0 Å². The Balaban J connectivity index is 2.54. The van der Waals surface area contributed by atoms with Crippen molar-refractivity contribution < 1.29 is 13.9 Å². The minimum Gasteiger partial charge on any atom is -0.465 e. The zero-order chi connectivity index (χ0) is 9.19. The number of ether oxygens (including phenoxy) is 1. The smallest absolute Gasteiger partial charge is 0.326 e. The minimum absolute atomic E-state index is 0.103. The maximum atomic E-state index is 12.7. The standard InChI is InChI=1S/C8H14FNO2/c1-2-12-7(11)8(10)4-3-6(9)5-8/h6H,2-5,10H2,1H3. The van der Waals surface area contributed by atoms with Crippen molar-refractivity contribution >= 4 is 5.97 Å². The van der Waals surface area contributed by atoms with Crippen LogP contribution in [-0.4, -0.2) is 24.3 Å². The molecular formula is C8H14FNO2. The van der Waals surface area contributed by atoms with E-state index >= 15 is 0 Å². The number of carbonyl (C=O) groups is 1. The summed E-state index contributed by atoms with van der Waals surface area (Å²) < 4.78 is 17.5. The highest BCUT2D eigenvalue weighted by Gasteiger charge is 2.43. The first-order valence-electron chi connectivity index (χ1n) is 4.18. The van der Waals surface area contributed by atoms with Gasteiger partial charge in [-0.3, -0.25) is 4.79 Å². The van der Waals surface area contributed by atoms with E-state index in [1.165, 1.54) is 0 Å². The topological polar surface area (TPSA) is 52.3 Å². The summed E-state index contributed by atoms with van der Waals surface area (Å²) in [6.45, 7) is 2.01. The fourth-order valence-electron chi connectivity index (χ4n) is 1.47. The van der Waals surface area contributed by atoms with Gasteiger partial charge in [0.05, 0.1) is 6.61 Å². The lowest BCUT2D eigenvalue weighted by atomic mass is 10.00. The molecule has 1 aliphatic rings. The molecule has 0 aromatic heterocycles. The number of rotatable bonds is 2. The van der Waals surface area contributed by atoms with Crippen molar-refractivity contribution in [2.45, 2.75) is 37.9 Å². The van der Waals surface area contributed by atoms with Gasteiger partial charge in [0, 0.05) is 6.42 Å². The number of carbonyl (C=O) groups excluding carboxylic acids is 1. The molecule has 0 radical (unpaired) electrons. The number of esters is 1. The largest absolute Gasteiger partial charge is 0.465 e. The molecule has 1 fully saturated rings. The van der Waals surface area contributed by atoms with Crippen molar-refractivity contribution in [3.05, 3.63) is 0 Å². The van der Waals surface area contributed by atoms with Gasteiger partial charge in [0.1, 0.15) is 11.7 Å². The number of halogens is 1. The monoisotopic (exact) mass is 175 g/mol. The summed E-state index contributed by atoms with van der Waals surface area (Å²) in [6.07, 6.45) is -0.0758. The van der Waals surface area contributed by atoms with Crippen molar-refractivity contribution in [1.29, 1.82) is 0 Å². The zero-order valence-electron chi connectivity index (χ0n) is 7.18. The fraction of sp³-hybridized carbons (Fsp3) is 0.875. The van der Waals surface area contributed by atoms with Crippen LogP contribution in [0.1, 0.15) is 26.2 Å². The van der Waals surface area contributed by atoms with Gasteiger partial charge in [0.25, 0.3) is 0 Å². The highest BCUT2D eigenvalue weighted by Crippen LogP contribution is 2.30. The summed E-state index contributed by atoms with van der Waals surface area (Å²) in [5.41, 5.74) is 4.60. The molecule has 2 atom stereocenters. The number of alkyl halides is 1. The third-order valence-electron chi connectivity index (χ3n) is 2.17. The quantitative estimate of drug-likeness (QED) is 0.630. The van der Waals surface area contributed by atoms with E-state index in [9.17, 15) is 9.18 Å². The maximum absolute atomic E-state index is 12.7. The Hall–Kier alpha value is -0.640. The molecule has 0 aromatic carbocycles. The first-order valence-corrected chi connectivity index (χ1v) is 4.18. The summed E-state index contributed by atoms with van der Waals surface area (Å²) in [4.78, 5) is 11.2. The van der Waals surface area contributed by atoms with E-state index in [0.717, 1.165) is 0 Å². The molecule has 4 heteroatoms. The predicted molar refractivity (Wildman–Crippen MR) is 42.3 cm³/mol. The van der Waals surface area contributed by atoms with Crippen LogP contribution in [-0.2, 0) is 9.53 Å². The normalized spacial score (nSPS) is 35.1. The summed E-state index contributed by atoms with van der Waals surface area (Å²) in [7, 11) is 0. The van der Waals surface area contributed by atoms with Crippen LogP contribution >= 0.6 is 0 Å². The van der Waals surface area contributed by atoms with Gasteiger partial charge in [-0.15, -0.1) is 0 Å². The third kappa shape index (κ3) is 1.75. The summed E-state index contributed by atoms with van der Waals surface area (Å²) in [5, 5.41) is 0. The average molecular weight is 175 g/mol. The second-order valence-corrected chi connectivity index (χ2v) is 3.22. The Kier molecular flexibility index (Phi) is 2.67. The third-order valence-corrected chi connectivity index (χ3v) is 2.17. The van der Waals surface area contributed by atoms with Gasteiger partial charge < -0.3 is 10.5 Å². The van der Waals surface area contributed by atoms with Crippen LogP contribution < -0.4 is 5.73 Å². The van der Waals surface area contributed by atoms with Gasteiger partial charge in [-0.2, -0.15) is 0 Å². The number of hydrogen-bond acceptors (Lipinski definition) is 3. The van der Waals surface area contributed by atoms with Gasteiger partial charge in [-0.25, -0.2) is 4.39 Å². The SMILES string of the molecule is CCOC(=O)C1(N)CCC(F)C1. The Bertz CT molecular complexity index is 186. The van der Waals surface area contributed by atoms with Crippen molar-refractivity contribution in [3.8, 4) is 0 Å². The van der Waals surface area contributed by atoms with Crippen LogP contribution in [0.3, 0.4) is 0 Å². The summed E-state index contributed by atoms with van der Waals surface area (Å²) in [5.74, 6) is -0.467. The molecule has 2 unspecified atom stereocenters. The van der Waals surface area contributed by atoms with Crippen LogP contribution in [0.5, 0.6) is 0 Å². The summed E-state index contributed by atoms with van der Waals surface area (Å²) in [6, 6.07) is 0. The lowest BCUT2D eigenvalue weighted by molar-refractivity contribution is -0.149. The molecule has 0 spiro atoms. The van der Waals surface area contributed by atoms with Gasteiger partial charge >= 0.3 is 5.97 Å². The molecule has 0 aromatic rings. The predicted octanol–water partition coefficient (Wildman–Crippen LogP) is 0.769. The number of hydrogen-bond donors (Lipinski definition) is 1. The fourth-order valence-corrected chi connectivity index (χ4v) is 1.47. The van der Waals surface area contributed by atoms with E-state index in [1.54, 1.807) is 6.92 Å². The van der Waals surface area contributed by atoms with Crippen LogP contribution in [0.2, 0.25) is 0 Å². The number of nitrogens with two attached hydrogens (primary N) is 1. The Labute approximate surface area is 71.1 Å². The summed E-state index contributed by atoms with van der Waals surface area (Å²) >= 11 is 0. The van der Waals surface area contributed by atoms with E-state index in [1.807, 2.05) is 0 Å². The van der Waals surface area contributed by atoms with Crippen molar-refractivity contribution in [2.75, 3.05) is 6.61 Å². The molecule has 1 saturated carbocycles. The highest BCUT2D eigenvalue weighted by molar-refractivity contribution is 5.81. The molecule has 0 heterocycles.